The number of halogens is 5. The first kappa shape index (κ1) is 32.9. The summed E-state index contributed by atoms with van der Waals surface area (Å²) in [7, 11) is 1.83. The Morgan fingerprint density at radius 3 is 2.36 bits per heavy atom. The smallest absolute Gasteiger partial charge is 0.418 e. The Morgan fingerprint density at radius 2 is 1.76 bits per heavy atom. The minimum Gasteiger partial charge on any atom is -0.462 e. The molecule has 3 atom stereocenters. The topological polar surface area (TPSA) is 83.9 Å². The van der Waals surface area contributed by atoms with Crippen LogP contribution in [0.3, 0.4) is 0 Å². The minimum atomic E-state index is -4.66. The monoisotopic (exact) mass is 652 g/mol. The number of carbonyl (C=O) groups is 1. The van der Waals surface area contributed by atoms with Crippen LogP contribution in [0.25, 0.3) is 22.2 Å². The summed E-state index contributed by atoms with van der Waals surface area (Å²) < 4.78 is 67.9. The number of aryl methyl sites for hydroxylation is 1. The van der Waals surface area contributed by atoms with Gasteiger partial charge in [-0.2, -0.15) is 23.1 Å². The van der Waals surface area contributed by atoms with Gasteiger partial charge in [0.15, 0.2) is 0 Å². The van der Waals surface area contributed by atoms with E-state index in [0.29, 0.717) is 55.0 Å². The zero-order valence-electron chi connectivity index (χ0n) is 26.1. The van der Waals surface area contributed by atoms with E-state index in [0.717, 1.165) is 6.07 Å². The first-order valence-corrected chi connectivity index (χ1v) is 15.2. The molecule has 2 fully saturated rings. The number of hydrogen-bond acceptors (Lipinski definition) is 8. The zero-order chi connectivity index (χ0) is 32.8. The molecule has 0 N–H and O–H groups in total. The van der Waals surface area contributed by atoms with Gasteiger partial charge in [-0.25, -0.2) is 9.18 Å². The summed E-state index contributed by atoms with van der Waals surface area (Å²) in [6, 6.07) is 4.81. The molecule has 45 heavy (non-hydrogen) atoms. The van der Waals surface area contributed by atoms with Crippen LogP contribution in [0.15, 0.2) is 24.3 Å². The Kier molecular flexibility index (Phi) is 9.07. The predicted octanol–water partition coefficient (Wildman–Crippen LogP) is 6.54. The number of anilines is 1. The lowest BCUT2D eigenvalue weighted by atomic mass is 10.0. The third kappa shape index (κ3) is 7.19. The maximum Gasteiger partial charge on any atom is 0.418 e. The number of ether oxygens (including phenoxy) is 2. The van der Waals surface area contributed by atoms with E-state index in [9.17, 15) is 22.4 Å². The number of aromatic nitrogens is 3. The highest BCUT2D eigenvalue weighted by molar-refractivity contribution is 6.34. The van der Waals surface area contributed by atoms with Crippen LogP contribution in [0.1, 0.15) is 45.4 Å². The summed E-state index contributed by atoms with van der Waals surface area (Å²) in [6.45, 7) is 10.4. The van der Waals surface area contributed by atoms with Crippen LogP contribution < -0.4 is 9.64 Å². The van der Waals surface area contributed by atoms with Gasteiger partial charge in [0, 0.05) is 54.9 Å². The van der Waals surface area contributed by atoms with E-state index in [4.69, 9.17) is 21.1 Å². The molecule has 0 spiro atoms. The molecule has 2 aromatic heterocycles. The number of carbonyl (C=O) groups excluding carboxylic acids is 1. The predicted molar refractivity (Wildman–Crippen MR) is 164 cm³/mol. The van der Waals surface area contributed by atoms with E-state index in [1.807, 2.05) is 23.8 Å². The maximum absolute atomic E-state index is 14.4. The molecule has 1 amide bonds. The number of rotatable bonds is 5. The Labute approximate surface area is 264 Å². The number of benzene rings is 1. The van der Waals surface area contributed by atoms with E-state index in [-0.39, 0.29) is 41.0 Å². The van der Waals surface area contributed by atoms with E-state index < -0.39 is 29.6 Å². The molecule has 1 aromatic carbocycles. The van der Waals surface area contributed by atoms with Crippen molar-refractivity contribution < 1.29 is 31.8 Å². The van der Waals surface area contributed by atoms with Crippen LogP contribution in [0.5, 0.6) is 6.01 Å². The molecule has 2 aliphatic rings. The largest absolute Gasteiger partial charge is 0.462 e. The van der Waals surface area contributed by atoms with Gasteiger partial charge in [-0.3, -0.25) is 9.88 Å². The van der Waals surface area contributed by atoms with Gasteiger partial charge in [0.25, 0.3) is 0 Å². The lowest BCUT2D eigenvalue weighted by Gasteiger charge is -2.36. The Balaban J connectivity index is 1.53. The first-order valence-electron chi connectivity index (χ1n) is 14.8. The molecule has 3 aromatic rings. The zero-order valence-corrected chi connectivity index (χ0v) is 26.8. The van der Waals surface area contributed by atoms with Crippen molar-refractivity contribution in [1.82, 2.24) is 24.8 Å². The molecular formula is C31H37ClF4N6O3. The third-order valence-corrected chi connectivity index (χ3v) is 8.53. The van der Waals surface area contributed by atoms with Gasteiger partial charge in [-0.1, -0.05) is 11.6 Å². The van der Waals surface area contributed by atoms with Gasteiger partial charge in [0.1, 0.15) is 24.2 Å². The molecule has 14 heteroatoms. The average Bonchev–Trinajstić information content (AvgIpc) is 3.20. The number of alkyl halides is 4. The molecule has 9 nitrogen and oxygen atoms in total. The third-order valence-electron chi connectivity index (χ3n) is 8.21. The molecule has 4 heterocycles. The Hall–Kier alpha value is -3.45. The molecule has 0 unspecified atom stereocenters. The summed E-state index contributed by atoms with van der Waals surface area (Å²) in [6.07, 6.45) is -5.78. The van der Waals surface area contributed by atoms with Gasteiger partial charge in [0.2, 0.25) is 0 Å². The summed E-state index contributed by atoms with van der Waals surface area (Å²) in [5.41, 5.74) is -1.10. The SMILES string of the molecule is Cc1ccc(C(F)(F)F)c(-c2cc3nc(OC[C@@H]4C[C@@H](F)[C@H](C)N4C)nc(N4CCN(C(=O)OC(C)(C)C)CC4)c3cc2Cl)n1. The second kappa shape index (κ2) is 12.4. The van der Waals surface area contributed by atoms with Crippen LogP contribution in [-0.2, 0) is 10.9 Å². The van der Waals surface area contributed by atoms with Crippen molar-refractivity contribution in [2.45, 2.75) is 71.1 Å². The number of fused-ring (bicyclic) bond motifs is 1. The number of likely N-dealkylation sites (tertiary alicyclic amines) is 1. The molecule has 0 aliphatic carbocycles. The normalized spacial score (nSPS) is 21.4. The molecule has 244 valence electrons. The van der Waals surface area contributed by atoms with Crippen molar-refractivity contribution >= 4 is 34.4 Å². The average molecular weight is 653 g/mol. The standard InChI is InChI=1S/C31H37ClF4N6O3/c1-17-7-8-22(31(34,35)36)26(37-17)20-15-25-21(14-23(20)32)27(41-9-11-42(12-10-41)29(43)45-30(3,4)5)39-28(38-25)44-16-19-13-24(33)18(2)40(19)6/h7-8,14-15,18-19,24H,9-13,16H2,1-6H3/t18-,19-,24+/m0/s1. The lowest BCUT2D eigenvalue weighted by Crippen LogP contribution is -2.50. The van der Waals surface area contributed by atoms with Crippen LogP contribution in [0.4, 0.5) is 28.2 Å². The van der Waals surface area contributed by atoms with Crippen molar-refractivity contribution in [3.63, 3.8) is 0 Å². The minimum absolute atomic E-state index is 0.00282. The van der Waals surface area contributed by atoms with Crippen LogP contribution in [-0.4, -0.2) is 94.5 Å². The van der Waals surface area contributed by atoms with Gasteiger partial charge < -0.3 is 19.3 Å². The Morgan fingerprint density at radius 1 is 1.07 bits per heavy atom. The van der Waals surface area contributed by atoms with Crippen molar-refractivity contribution in [3.05, 3.63) is 40.5 Å². The Bertz CT molecular complexity index is 1580. The van der Waals surface area contributed by atoms with Crippen molar-refractivity contribution in [1.29, 1.82) is 0 Å². The lowest BCUT2D eigenvalue weighted by molar-refractivity contribution is -0.137. The van der Waals surface area contributed by atoms with Gasteiger partial charge in [-0.05, 0) is 72.4 Å². The van der Waals surface area contributed by atoms with E-state index in [2.05, 4.69) is 15.0 Å². The first-order chi connectivity index (χ1) is 21.0. The number of amides is 1. The van der Waals surface area contributed by atoms with Gasteiger partial charge in [0.05, 0.1) is 21.8 Å². The fourth-order valence-electron chi connectivity index (χ4n) is 5.58. The fraction of sp³-hybridized carbons (Fsp3) is 0.548. The van der Waals surface area contributed by atoms with E-state index in [1.165, 1.54) is 18.2 Å². The van der Waals surface area contributed by atoms with Gasteiger partial charge in [-0.15, -0.1) is 0 Å². The van der Waals surface area contributed by atoms with Crippen molar-refractivity contribution in [2.24, 2.45) is 0 Å². The number of hydrogen-bond donors (Lipinski definition) is 0. The number of piperazine rings is 1. The molecular weight excluding hydrogens is 616 g/mol. The summed E-state index contributed by atoms with van der Waals surface area (Å²) >= 11 is 6.66. The quantitative estimate of drug-likeness (QED) is 0.288. The molecule has 2 aliphatic heterocycles. The number of pyridine rings is 1. The second-order valence-electron chi connectivity index (χ2n) is 12.6. The van der Waals surface area contributed by atoms with Crippen LogP contribution >= 0.6 is 11.6 Å². The highest BCUT2D eigenvalue weighted by Gasteiger charge is 2.37. The highest BCUT2D eigenvalue weighted by atomic mass is 35.5. The number of nitrogens with zero attached hydrogens (tertiary/aromatic N) is 6. The van der Waals surface area contributed by atoms with E-state index in [1.54, 1.807) is 32.6 Å². The molecule has 2 saturated heterocycles. The van der Waals surface area contributed by atoms with Crippen LogP contribution in [0.2, 0.25) is 5.02 Å². The fourth-order valence-corrected chi connectivity index (χ4v) is 5.84. The summed E-state index contributed by atoms with van der Waals surface area (Å²) in [4.78, 5) is 31.5. The maximum atomic E-state index is 14.4. The molecule has 0 radical (unpaired) electrons. The summed E-state index contributed by atoms with van der Waals surface area (Å²) in [5, 5.41) is 0.547. The molecule has 0 saturated carbocycles. The van der Waals surface area contributed by atoms with Crippen molar-refractivity contribution in [3.8, 4) is 17.3 Å². The second-order valence-corrected chi connectivity index (χ2v) is 13.0. The van der Waals surface area contributed by atoms with Crippen molar-refractivity contribution in [2.75, 3.05) is 44.7 Å². The molecule has 5 rings (SSSR count). The molecule has 0 bridgehead atoms. The van der Waals surface area contributed by atoms with E-state index >= 15 is 0 Å². The summed E-state index contributed by atoms with van der Waals surface area (Å²) in [5.74, 6) is 0.456. The van der Waals surface area contributed by atoms with Gasteiger partial charge >= 0.3 is 18.3 Å². The number of likely N-dealkylation sites (N-methyl/N-ethyl adjacent to an activating group) is 1. The van der Waals surface area contributed by atoms with Crippen LogP contribution in [0, 0.1) is 6.92 Å². The highest BCUT2D eigenvalue weighted by Crippen LogP contribution is 2.41.